The Morgan fingerprint density at radius 3 is 1.55 bits per heavy atom. The van der Waals surface area contributed by atoms with Crippen molar-refractivity contribution in [2.24, 2.45) is 0 Å². The van der Waals surface area contributed by atoms with Gasteiger partial charge in [0, 0.05) is 17.0 Å². The average Bonchev–Trinajstić information content (AvgIpc) is 3.35. The maximum absolute atomic E-state index is 5.02. The van der Waals surface area contributed by atoms with Crippen molar-refractivity contribution in [3.63, 3.8) is 0 Å². The third-order valence-electron chi connectivity index (χ3n) is 8.54. The Bertz CT molecular complexity index is 2220. The van der Waals surface area contributed by atoms with E-state index >= 15 is 0 Å². The average molecular weight is 513 g/mol. The predicted molar refractivity (Wildman–Crippen MR) is 171 cm³/mol. The Hall–Kier alpha value is -4.95. The Labute approximate surface area is 233 Å². The number of pyridine rings is 1. The van der Waals surface area contributed by atoms with Crippen LogP contribution >= 0.6 is 0 Å². The monoisotopic (exact) mass is 512 g/mol. The van der Waals surface area contributed by atoms with Gasteiger partial charge in [-0.15, -0.1) is 0 Å². The van der Waals surface area contributed by atoms with Crippen LogP contribution in [0.25, 0.3) is 71.1 Å². The third-order valence-corrected chi connectivity index (χ3v) is 8.54. The van der Waals surface area contributed by atoms with Crippen molar-refractivity contribution >= 4 is 54.1 Å². The largest absolute Gasteiger partial charge is 0.294 e. The van der Waals surface area contributed by atoms with Crippen molar-refractivity contribution in [2.75, 3.05) is 0 Å². The number of rotatable bonds is 3. The van der Waals surface area contributed by atoms with Crippen LogP contribution in [0.15, 0.2) is 121 Å². The van der Waals surface area contributed by atoms with E-state index in [-0.39, 0.29) is 0 Å². The van der Waals surface area contributed by atoms with Gasteiger partial charge in [0.2, 0.25) is 0 Å². The second-order valence-electron chi connectivity index (χ2n) is 10.7. The van der Waals surface area contributed by atoms with Crippen molar-refractivity contribution < 1.29 is 0 Å². The molecule has 0 radical (unpaired) electrons. The molecule has 8 aromatic rings. The number of hydrogen-bond acceptors (Lipinski definition) is 1. The van der Waals surface area contributed by atoms with Gasteiger partial charge in [-0.3, -0.25) is 4.57 Å². The van der Waals surface area contributed by atoms with Crippen molar-refractivity contribution in [1.29, 1.82) is 0 Å². The highest BCUT2D eigenvalue weighted by atomic mass is 15.1. The Morgan fingerprint density at radius 2 is 1.00 bits per heavy atom. The molecule has 0 fully saturated rings. The molecule has 40 heavy (non-hydrogen) atoms. The summed E-state index contributed by atoms with van der Waals surface area (Å²) in [6.45, 7) is 4.47. The van der Waals surface area contributed by atoms with E-state index in [4.69, 9.17) is 4.98 Å². The minimum absolute atomic E-state index is 0.922. The number of benzene rings is 6. The highest BCUT2D eigenvalue weighted by Crippen LogP contribution is 2.40. The van der Waals surface area contributed by atoms with Crippen LogP contribution in [0.1, 0.15) is 18.1 Å². The van der Waals surface area contributed by atoms with E-state index in [0.717, 1.165) is 12.2 Å². The summed E-state index contributed by atoms with van der Waals surface area (Å²) >= 11 is 0. The summed E-state index contributed by atoms with van der Waals surface area (Å²) < 4.78 is 2.31. The lowest BCUT2D eigenvalue weighted by Gasteiger charge is -2.17. The van der Waals surface area contributed by atoms with Crippen LogP contribution in [0, 0.1) is 6.92 Å². The van der Waals surface area contributed by atoms with Crippen molar-refractivity contribution in [3.05, 3.63) is 133 Å². The molecule has 0 saturated heterocycles. The Morgan fingerprint density at radius 1 is 0.525 bits per heavy atom. The summed E-state index contributed by atoms with van der Waals surface area (Å²) in [5, 5.41) is 10.3. The second-order valence-corrected chi connectivity index (χ2v) is 10.7. The molecule has 2 heteroatoms. The lowest BCUT2D eigenvalue weighted by molar-refractivity contribution is 1.04. The van der Waals surface area contributed by atoms with Gasteiger partial charge >= 0.3 is 0 Å². The topological polar surface area (TPSA) is 17.8 Å². The van der Waals surface area contributed by atoms with Gasteiger partial charge in [0.05, 0.1) is 11.0 Å². The quantitative estimate of drug-likeness (QED) is 0.215. The molecule has 0 amide bonds. The van der Waals surface area contributed by atoms with Gasteiger partial charge in [0.1, 0.15) is 5.82 Å². The van der Waals surface area contributed by atoms with Crippen LogP contribution in [0.4, 0.5) is 0 Å². The number of para-hydroxylation sites is 2. The van der Waals surface area contributed by atoms with E-state index in [1.807, 2.05) is 0 Å². The first-order valence-electron chi connectivity index (χ1n) is 14.0. The molecule has 0 bridgehead atoms. The molecule has 0 N–H and O–H groups in total. The fourth-order valence-corrected chi connectivity index (χ4v) is 6.65. The van der Waals surface area contributed by atoms with Gasteiger partial charge in [0.25, 0.3) is 0 Å². The first-order chi connectivity index (χ1) is 19.7. The minimum Gasteiger partial charge on any atom is -0.294 e. The summed E-state index contributed by atoms with van der Waals surface area (Å²) in [4.78, 5) is 5.02. The molecule has 8 rings (SSSR count). The summed E-state index contributed by atoms with van der Waals surface area (Å²) in [6.07, 6.45) is 3.00. The van der Waals surface area contributed by atoms with Crippen LogP contribution in [0.3, 0.4) is 0 Å². The van der Waals surface area contributed by atoms with E-state index < -0.39 is 0 Å². The zero-order chi connectivity index (χ0) is 26.8. The normalized spacial score (nSPS) is 11.8. The Kier molecular flexibility index (Phi) is 5.05. The van der Waals surface area contributed by atoms with Crippen LogP contribution < -0.4 is 0 Å². The lowest BCUT2D eigenvalue weighted by atomic mass is 9.88. The van der Waals surface area contributed by atoms with Crippen LogP contribution in [-0.4, -0.2) is 9.55 Å². The molecule has 0 saturated carbocycles. The van der Waals surface area contributed by atoms with E-state index in [2.05, 4.69) is 140 Å². The minimum atomic E-state index is 0.922. The molecule has 6 aromatic carbocycles. The van der Waals surface area contributed by atoms with Crippen molar-refractivity contribution in [2.45, 2.75) is 20.3 Å². The molecule has 190 valence electrons. The first kappa shape index (κ1) is 23.0. The number of hydrogen-bond donors (Lipinski definition) is 0. The van der Waals surface area contributed by atoms with Gasteiger partial charge in [0.15, 0.2) is 0 Å². The number of aromatic nitrogens is 2. The van der Waals surface area contributed by atoms with Crippen molar-refractivity contribution in [1.82, 2.24) is 9.55 Å². The zero-order valence-electron chi connectivity index (χ0n) is 22.6. The zero-order valence-corrected chi connectivity index (χ0v) is 22.6. The maximum Gasteiger partial charge on any atom is 0.138 e. The summed E-state index contributed by atoms with van der Waals surface area (Å²) in [6, 6.07) is 42.0. The third kappa shape index (κ3) is 3.26. The Balaban J connectivity index is 1.44. The van der Waals surface area contributed by atoms with E-state index in [1.54, 1.807) is 0 Å². The molecule has 0 aliphatic heterocycles. The molecule has 2 aromatic heterocycles. The smallest absolute Gasteiger partial charge is 0.138 e. The van der Waals surface area contributed by atoms with E-state index in [9.17, 15) is 0 Å². The highest BCUT2D eigenvalue weighted by molar-refractivity contribution is 6.26. The molecule has 0 unspecified atom stereocenters. The van der Waals surface area contributed by atoms with Crippen LogP contribution in [0.2, 0.25) is 0 Å². The van der Waals surface area contributed by atoms with Gasteiger partial charge < -0.3 is 0 Å². The number of fused-ring (bicyclic) bond motifs is 9. The second kappa shape index (κ2) is 8.79. The molecular weight excluding hydrogens is 484 g/mol. The van der Waals surface area contributed by atoms with E-state index in [1.165, 1.54) is 76.4 Å². The summed E-state index contributed by atoms with van der Waals surface area (Å²) in [5.74, 6) is 0.951. The SMILES string of the molecule is CCc1cnc(-n2c3ccccc3c3ccccc32)cc1-c1cc2c3ccccc3c3ccccc3c2cc1C. The number of nitrogens with zero attached hydrogens (tertiary/aromatic N) is 2. The lowest BCUT2D eigenvalue weighted by Crippen LogP contribution is -2.01. The van der Waals surface area contributed by atoms with E-state index in [0.29, 0.717) is 0 Å². The van der Waals surface area contributed by atoms with Gasteiger partial charge in [-0.1, -0.05) is 97.9 Å². The van der Waals surface area contributed by atoms with Gasteiger partial charge in [-0.2, -0.15) is 0 Å². The highest BCUT2D eigenvalue weighted by Gasteiger charge is 2.17. The van der Waals surface area contributed by atoms with Gasteiger partial charge in [-0.25, -0.2) is 4.98 Å². The molecule has 2 heterocycles. The molecule has 0 aliphatic rings. The van der Waals surface area contributed by atoms with Gasteiger partial charge in [-0.05, 0) is 92.2 Å². The van der Waals surface area contributed by atoms with Crippen molar-refractivity contribution in [3.8, 4) is 16.9 Å². The molecular formula is C38H28N2. The maximum atomic E-state index is 5.02. The molecule has 0 aliphatic carbocycles. The van der Waals surface area contributed by atoms with Crippen LogP contribution in [0.5, 0.6) is 0 Å². The first-order valence-corrected chi connectivity index (χ1v) is 14.0. The molecule has 2 nitrogen and oxygen atoms in total. The summed E-state index contributed by atoms with van der Waals surface area (Å²) in [7, 11) is 0. The molecule has 0 atom stereocenters. The fraction of sp³-hybridized carbons (Fsp3) is 0.0789. The van der Waals surface area contributed by atoms with Crippen LogP contribution in [-0.2, 0) is 6.42 Å². The fourth-order valence-electron chi connectivity index (χ4n) is 6.65. The molecule has 0 spiro atoms. The summed E-state index contributed by atoms with van der Waals surface area (Å²) in [5.41, 5.74) is 7.43. The number of aryl methyl sites for hydroxylation is 2. The predicted octanol–water partition coefficient (Wildman–Crippen LogP) is 10.2. The standard InChI is InChI=1S/C38H28N2/c1-3-25-23-39-38(40-36-18-10-8-16-30(36)31-17-9-11-19-37(31)40)22-33(25)32-21-35-29-15-7-5-13-27(29)26-12-4-6-14-28(26)34(35)20-24(32)2/h4-23H,3H2,1-2H3.